The van der Waals surface area contributed by atoms with Crippen LogP contribution in [0.25, 0.3) is 0 Å². The zero-order valence-electron chi connectivity index (χ0n) is 10.2. The minimum Gasteiger partial charge on any atom is -0.354 e. The van der Waals surface area contributed by atoms with Crippen LogP contribution < -0.4 is 5.32 Å². The van der Waals surface area contributed by atoms with E-state index < -0.39 is 0 Å². The molecule has 2 rings (SSSR count). The Balaban J connectivity index is 2.21. The predicted octanol–water partition coefficient (Wildman–Crippen LogP) is 1.72. The van der Waals surface area contributed by atoms with Gasteiger partial charge in [-0.25, -0.2) is 0 Å². The van der Waals surface area contributed by atoms with Gasteiger partial charge in [0.1, 0.15) is 0 Å². The first kappa shape index (κ1) is 13.1. The second-order valence-electron chi connectivity index (χ2n) is 4.39. The Morgan fingerprint density at radius 1 is 1.44 bits per heavy atom. The molecule has 1 saturated heterocycles. The molecule has 1 fully saturated rings. The van der Waals surface area contributed by atoms with Gasteiger partial charge in [-0.3, -0.25) is 9.59 Å². The molecule has 0 atom stereocenters. The van der Waals surface area contributed by atoms with Crippen LogP contribution in [0.1, 0.15) is 22.3 Å². The first-order valence-electron chi connectivity index (χ1n) is 5.90. The number of nitrogens with zero attached hydrogens (tertiary/aromatic N) is 1. The molecule has 18 heavy (non-hydrogen) atoms. The summed E-state index contributed by atoms with van der Waals surface area (Å²) in [4.78, 5) is 25.4. The Kier molecular flexibility index (Phi) is 4.01. The molecular formula is C13H15BrN2O2. The summed E-state index contributed by atoms with van der Waals surface area (Å²) in [5.74, 6) is -0.160. The van der Waals surface area contributed by atoms with Crippen LogP contribution in [0.2, 0.25) is 0 Å². The summed E-state index contributed by atoms with van der Waals surface area (Å²) in [5, 5.41) is 2.76. The van der Waals surface area contributed by atoms with Crippen molar-refractivity contribution in [1.29, 1.82) is 0 Å². The van der Waals surface area contributed by atoms with Gasteiger partial charge < -0.3 is 10.2 Å². The molecule has 0 spiro atoms. The van der Waals surface area contributed by atoms with Crippen LogP contribution in [-0.4, -0.2) is 36.3 Å². The van der Waals surface area contributed by atoms with Crippen LogP contribution in [-0.2, 0) is 4.79 Å². The number of carbonyl (C=O) groups excluding carboxylic acids is 2. The largest absolute Gasteiger partial charge is 0.354 e. The maximum Gasteiger partial charge on any atom is 0.254 e. The molecule has 1 aliphatic heterocycles. The molecule has 96 valence electrons. The lowest BCUT2D eigenvalue weighted by molar-refractivity contribution is -0.121. The normalized spacial score (nSPS) is 16.1. The fraction of sp³-hybridized carbons (Fsp3) is 0.385. The van der Waals surface area contributed by atoms with Crippen molar-refractivity contribution in [2.24, 2.45) is 0 Å². The van der Waals surface area contributed by atoms with Crippen LogP contribution >= 0.6 is 15.9 Å². The molecular weight excluding hydrogens is 296 g/mol. The summed E-state index contributed by atoms with van der Waals surface area (Å²) in [5.41, 5.74) is 1.58. The lowest BCUT2D eigenvalue weighted by Gasteiger charge is -2.20. The molecule has 1 N–H and O–H groups in total. The van der Waals surface area contributed by atoms with Crippen molar-refractivity contribution in [3.8, 4) is 0 Å². The zero-order valence-corrected chi connectivity index (χ0v) is 11.8. The maximum atomic E-state index is 12.4. The van der Waals surface area contributed by atoms with E-state index in [9.17, 15) is 9.59 Å². The molecule has 5 heteroatoms. The van der Waals surface area contributed by atoms with Gasteiger partial charge in [0.2, 0.25) is 5.91 Å². The fourth-order valence-electron chi connectivity index (χ4n) is 2.02. The first-order valence-corrected chi connectivity index (χ1v) is 6.69. The van der Waals surface area contributed by atoms with Crippen molar-refractivity contribution in [3.05, 3.63) is 33.8 Å². The highest BCUT2D eigenvalue weighted by atomic mass is 79.9. The molecule has 1 aromatic rings. The van der Waals surface area contributed by atoms with Gasteiger partial charge in [0, 0.05) is 23.1 Å². The van der Waals surface area contributed by atoms with Crippen molar-refractivity contribution < 1.29 is 9.59 Å². The number of benzene rings is 1. The van der Waals surface area contributed by atoms with E-state index in [-0.39, 0.29) is 18.4 Å². The molecule has 4 nitrogen and oxygen atoms in total. The van der Waals surface area contributed by atoms with Gasteiger partial charge >= 0.3 is 0 Å². The van der Waals surface area contributed by atoms with Gasteiger partial charge in [0.15, 0.2) is 0 Å². The Labute approximate surface area is 114 Å². The van der Waals surface area contributed by atoms with Crippen molar-refractivity contribution in [2.75, 3.05) is 19.6 Å². The Morgan fingerprint density at radius 2 is 2.22 bits per heavy atom. The van der Waals surface area contributed by atoms with Crippen LogP contribution in [0.15, 0.2) is 22.7 Å². The molecule has 1 aromatic carbocycles. The number of hydrogen-bond donors (Lipinski definition) is 1. The first-order chi connectivity index (χ1) is 8.58. The summed E-state index contributed by atoms with van der Waals surface area (Å²) in [6, 6.07) is 5.55. The van der Waals surface area contributed by atoms with E-state index in [0.29, 0.717) is 18.7 Å². The number of aryl methyl sites for hydroxylation is 1. The topological polar surface area (TPSA) is 49.4 Å². The molecule has 0 aromatic heterocycles. The van der Waals surface area contributed by atoms with Crippen LogP contribution in [0.5, 0.6) is 0 Å². The Morgan fingerprint density at radius 3 is 2.94 bits per heavy atom. The smallest absolute Gasteiger partial charge is 0.254 e. The highest BCUT2D eigenvalue weighted by molar-refractivity contribution is 9.10. The van der Waals surface area contributed by atoms with Gasteiger partial charge in [-0.1, -0.05) is 15.9 Å². The average molecular weight is 311 g/mol. The van der Waals surface area contributed by atoms with Gasteiger partial charge in [-0.05, 0) is 37.1 Å². The van der Waals surface area contributed by atoms with E-state index in [4.69, 9.17) is 0 Å². The molecule has 0 radical (unpaired) electrons. The van der Waals surface area contributed by atoms with Crippen LogP contribution in [0.4, 0.5) is 0 Å². The molecule has 0 saturated carbocycles. The summed E-state index contributed by atoms with van der Waals surface area (Å²) in [6.45, 7) is 3.30. The summed E-state index contributed by atoms with van der Waals surface area (Å²) >= 11 is 3.37. The second-order valence-corrected chi connectivity index (χ2v) is 5.31. The summed E-state index contributed by atoms with van der Waals surface area (Å²) in [7, 11) is 0. The van der Waals surface area contributed by atoms with Gasteiger partial charge in [-0.2, -0.15) is 0 Å². The Hall–Kier alpha value is -1.36. The molecule has 1 heterocycles. The third-order valence-electron chi connectivity index (χ3n) is 2.97. The van der Waals surface area contributed by atoms with E-state index in [1.54, 1.807) is 11.0 Å². The van der Waals surface area contributed by atoms with Gasteiger partial charge in [0.25, 0.3) is 5.91 Å². The average Bonchev–Trinajstić information content (AvgIpc) is 2.53. The van der Waals surface area contributed by atoms with Crippen LogP contribution in [0, 0.1) is 6.92 Å². The van der Waals surface area contributed by atoms with E-state index in [1.807, 2.05) is 19.1 Å². The second kappa shape index (κ2) is 5.52. The number of amides is 2. The number of carbonyl (C=O) groups is 2. The van der Waals surface area contributed by atoms with Crippen molar-refractivity contribution in [3.63, 3.8) is 0 Å². The Bertz CT molecular complexity index is 488. The molecule has 1 aliphatic rings. The fourth-order valence-corrected chi connectivity index (χ4v) is 2.49. The SMILES string of the molecule is Cc1cc(Br)ccc1C(=O)N1CCCNC(=O)C1. The third-order valence-corrected chi connectivity index (χ3v) is 3.46. The van der Waals surface area contributed by atoms with Crippen molar-refractivity contribution >= 4 is 27.7 Å². The van der Waals surface area contributed by atoms with E-state index in [0.717, 1.165) is 16.5 Å². The quantitative estimate of drug-likeness (QED) is 0.858. The molecule has 0 aliphatic carbocycles. The minimum absolute atomic E-state index is 0.0722. The van der Waals surface area contributed by atoms with Crippen molar-refractivity contribution in [2.45, 2.75) is 13.3 Å². The standard InChI is InChI=1S/C13H15BrN2O2/c1-9-7-10(14)3-4-11(9)13(18)16-6-2-5-15-12(17)8-16/h3-4,7H,2,5-6,8H2,1H3,(H,15,17). The zero-order chi connectivity index (χ0) is 13.1. The van der Waals surface area contributed by atoms with E-state index >= 15 is 0 Å². The van der Waals surface area contributed by atoms with E-state index in [2.05, 4.69) is 21.2 Å². The van der Waals surface area contributed by atoms with Crippen LogP contribution in [0.3, 0.4) is 0 Å². The number of nitrogens with one attached hydrogen (secondary N) is 1. The third kappa shape index (κ3) is 2.90. The van der Waals surface area contributed by atoms with Gasteiger partial charge in [0.05, 0.1) is 6.54 Å². The maximum absolute atomic E-state index is 12.4. The molecule has 0 unspecified atom stereocenters. The predicted molar refractivity (Wildman–Crippen MR) is 72.4 cm³/mol. The van der Waals surface area contributed by atoms with Gasteiger partial charge in [-0.15, -0.1) is 0 Å². The van der Waals surface area contributed by atoms with Crippen molar-refractivity contribution in [1.82, 2.24) is 10.2 Å². The lowest BCUT2D eigenvalue weighted by atomic mass is 10.1. The number of hydrogen-bond acceptors (Lipinski definition) is 2. The van der Waals surface area contributed by atoms with E-state index in [1.165, 1.54) is 0 Å². The number of halogens is 1. The minimum atomic E-state index is -0.0874. The highest BCUT2D eigenvalue weighted by Crippen LogP contribution is 2.17. The summed E-state index contributed by atoms with van der Waals surface area (Å²) < 4.78 is 0.949. The summed E-state index contributed by atoms with van der Waals surface area (Å²) in [6.07, 6.45) is 0.799. The monoisotopic (exact) mass is 310 g/mol. The molecule has 0 bridgehead atoms. The number of rotatable bonds is 1. The molecule has 2 amide bonds. The lowest BCUT2D eigenvalue weighted by Crippen LogP contribution is -2.37. The highest BCUT2D eigenvalue weighted by Gasteiger charge is 2.21.